The second kappa shape index (κ2) is 10.9. The van der Waals surface area contributed by atoms with Gasteiger partial charge in [0, 0.05) is 6.04 Å². The molecular weight excluding hydrogens is 374 g/mol. The summed E-state index contributed by atoms with van der Waals surface area (Å²) in [5.41, 5.74) is 0.346. The number of benzene rings is 1. The van der Waals surface area contributed by atoms with Crippen LogP contribution < -0.4 is 15.4 Å². The molecule has 0 spiro atoms. The molecule has 1 aliphatic rings. The number of carbonyl (C=O) groups is 3. The van der Waals surface area contributed by atoms with E-state index < -0.39 is 24.0 Å². The molecule has 1 aromatic carbocycles. The summed E-state index contributed by atoms with van der Waals surface area (Å²) in [6.45, 7) is 3.73. The normalized spacial score (nSPS) is 15.1. The van der Waals surface area contributed by atoms with E-state index in [1.165, 1.54) is 13.0 Å². The van der Waals surface area contributed by atoms with Gasteiger partial charge in [-0.3, -0.25) is 10.1 Å². The first-order valence-corrected chi connectivity index (χ1v) is 9.60. The first-order valence-electron chi connectivity index (χ1n) is 9.60. The van der Waals surface area contributed by atoms with Crippen LogP contribution in [0.25, 0.3) is 6.08 Å². The van der Waals surface area contributed by atoms with Crippen LogP contribution in [0.15, 0.2) is 29.8 Å². The number of ether oxygens (including phenoxy) is 2. The Morgan fingerprint density at radius 2 is 1.90 bits per heavy atom. The maximum Gasteiger partial charge on any atom is 0.349 e. The molecule has 1 aromatic rings. The zero-order chi connectivity index (χ0) is 21.2. The van der Waals surface area contributed by atoms with Gasteiger partial charge in [-0.2, -0.15) is 5.26 Å². The quantitative estimate of drug-likeness (QED) is 0.413. The number of hydrogen-bond donors (Lipinski definition) is 2. The molecule has 0 aliphatic heterocycles. The zero-order valence-corrected chi connectivity index (χ0v) is 16.6. The number of imide groups is 1. The molecular formula is C21H25N3O5. The van der Waals surface area contributed by atoms with Crippen LogP contribution in [0.3, 0.4) is 0 Å². The molecule has 8 heteroatoms. The molecule has 2 rings (SSSR count). The van der Waals surface area contributed by atoms with Crippen molar-refractivity contribution in [2.45, 2.75) is 51.7 Å². The molecule has 1 saturated carbocycles. The highest BCUT2D eigenvalue weighted by Gasteiger charge is 2.24. The second-order valence-electron chi connectivity index (χ2n) is 6.66. The third-order valence-electron chi connectivity index (χ3n) is 4.42. The minimum atomic E-state index is -1.23. The predicted molar refractivity (Wildman–Crippen MR) is 106 cm³/mol. The lowest BCUT2D eigenvalue weighted by Crippen LogP contribution is -2.47. The fourth-order valence-corrected chi connectivity index (χ4v) is 2.91. The van der Waals surface area contributed by atoms with E-state index in [4.69, 9.17) is 9.47 Å². The van der Waals surface area contributed by atoms with Gasteiger partial charge in [0.2, 0.25) is 0 Å². The van der Waals surface area contributed by atoms with E-state index in [2.05, 4.69) is 10.6 Å². The average Bonchev–Trinajstić information content (AvgIpc) is 3.20. The standard InChI is InChI=1S/C21H25N3O5/c1-3-28-18-10-8-15(9-11-18)12-16(13-22)20(26)29-14(2)19(25)24-21(27)23-17-6-4-5-7-17/h8-12,14,17H,3-7H2,1-2H3,(H2,23,24,25,27)/b16-12+/t14-/m0/s1. The van der Waals surface area contributed by atoms with Gasteiger partial charge in [-0.05, 0) is 50.5 Å². The number of nitrogens with one attached hydrogen (secondary N) is 2. The summed E-state index contributed by atoms with van der Waals surface area (Å²) in [6.07, 6.45) is 3.99. The van der Waals surface area contributed by atoms with E-state index in [0.717, 1.165) is 25.7 Å². The molecule has 0 aromatic heterocycles. The van der Waals surface area contributed by atoms with Gasteiger partial charge in [-0.25, -0.2) is 9.59 Å². The highest BCUT2D eigenvalue weighted by atomic mass is 16.5. The van der Waals surface area contributed by atoms with Crippen LogP contribution in [0.5, 0.6) is 5.75 Å². The fourth-order valence-electron chi connectivity index (χ4n) is 2.91. The van der Waals surface area contributed by atoms with Gasteiger partial charge in [0.15, 0.2) is 6.10 Å². The number of hydrogen-bond acceptors (Lipinski definition) is 6. The summed E-state index contributed by atoms with van der Waals surface area (Å²) in [7, 11) is 0. The second-order valence-corrected chi connectivity index (χ2v) is 6.66. The first kappa shape index (κ1) is 22.0. The van der Waals surface area contributed by atoms with Gasteiger partial charge in [-0.1, -0.05) is 25.0 Å². The number of nitrogens with zero attached hydrogens (tertiary/aromatic N) is 1. The molecule has 0 radical (unpaired) electrons. The minimum Gasteiger partial charge on any atom is -0.494 e. The summed E-state index contributed by atoms with van der Waals surface area (Å²) < 4.78 is 10.4. The molecule has 0 heterocycles. The van der Waals surface area contributed by atoms with Crippen molar-refractivity contribution in [1.29, 1.82) is 5.26 Å². The Morgan fingerprint density at radius 1 is 1.24 bits per heavy atom. The van der Waals surface area contributed by atoms with Crippen molar-refractivity contribution in [2.75, 3.05) is 6.61 Å². The number of nitriles is 1. The van der Waals surface area contributed by atoms with Gasteiger partial charge in [0.05, 0.1) is 6.61 Å². The maximum absolute atomic E-state index is 12.2. The number of rotatable bonds is 7. The van der Waals surface area contributed by atoms with Crippen molar-refractivity contribution in [2.24, 2.45) is 0 Å². The van der Waals surface area contributed by atoms with Gasteiger partial charge < -0.3 is 14.8 Å². The average molecular weight is 399 g/mol. The number of esters is 1. The van der Waals surface area contributed by atoms with Crippen LogP contribution >= 0.6 is 0 Å². The predicted octanol–water partition coefficient (Wildman–Crippen LogP) is 2.69. The largest absolute Gasteiger partial charge is 0.494 e. The lowest BCUT2D eigenvalue weighted by molar-refractivity contribution is -0.150. The third kappa shape index (κ3) is 6.96. The third-order valence-corrected chi connectivity index (χ3v) is 4.42. The van der Waals surface area contributed by atoms with E-state index in [0.29, 0.717) is 17.9 Å². The van der Waals surface area contributed by atoms with Crippen molar-refractivity contribution in [3.8, 4) is 11.8 Å². The topological polar surface area (TPSA) is 118 Å². The SMILES string of the molecule is CCOc1ccc(/C=C(\C#N)C(=O)O[C@@H](C)C(=O)NC(=O)NC2CCCC2)cc1. The molecule has 8 nitrogen and oxygen atoms in total. The summed E-state index contributed by atoms with van der Waals surface area (Å²) in [4.78, 5) is 36.1. The molecule has 3 amide bonds. The van der Waals surface area contributed by atoms with Crippen LogP contribution in [0.1, 0.15) is 45.1 Å². The molecule has 1 fully saturated rings. The fraction of sp³-hybridized carbons (Fsp3) is 0.429. The molecule has 0 unspecified atom stereocenters. The summed E-state index contributed by atoms with van der Waals surface area (Å²) in [5, 5.41) is 14.1. The monoisotopic (exact) mass is 399 g/mol. The van der Waals surface area contributed by atoms with Crippen molar-refractivity contribution in [1.82, 2.24) is 10.6 Å². The van der Waals surface area contributed by atoms with Crippen LogP contribution in [0, 0.1) is 11.3 Å². The molecule has 0 bridgehead atoms. The van der Waals surface area contributed by atoms with E-state index >= 15 is 0 Å². The van der Waals surface area contributed by atoms with E-state index in [1.807, 2.05) is 6.92 Å². The zero-order valence-electron chi connectivity index (χ0n) is 16.6. The van der Waals surface area contributed by atoms with Gasteiger partial charge in [0.1, 0.15) is 17.4 Å². The molecule has 154 valence electrons. The number of urea groups is 1. The van der Waals surface area contributed by atoms with Crippen molar-refractivity contribution in [3.63, 3.8) is 0 Å². The van der Waals surface area contributed by atoms with Crippen LogP contribution in [-0.4, -0.2) is 36.7 Å². The molecule has 29 heavy (non-hydrogen) atoms. The van der Waals surface area contributed by atoms with Gasteiger partial charge >= 0.3 is 12.0 Å². The Kier molecular flexibility index (Phi) is 8.22. The van der Waals surface area contributed by atoms with E-state index in [9.17, 15) is 19.6 Å². The lowest BCUT2D eigenvalue weighted by Gasteiger charge is -2.15. The Balaban J connectivity index is 1.90. The highest BCUT2D eigenvalue weighted by Crippen LogP contribution is 2.17. The van der Waals surface area contributed by atoms with E-state index in [1.54, 1.807) is 30.3 Å². The van der Waals surface area contributed by atoms with Gasteiger partial charge in [0.25, 0.3) is 5.91 Å². The first-order chi connectivity index (χ1) is 13.9. The molecule has 1 atom stereocenters. The molecule has 1 aliphatic carbocycles. The Bertz CT molecular complexity index is 805. The van der Waals surface area contributed by atoms with Crippen LogP contribution in [0.4, 0.5) is 4.79 Å². The molecule has 2 N–H and O–H groups in total. The Morgan fingerprint density at radius 3 is 2.48 bits per heavy atom. The number of carbonyl (C=O) groups excluding carboxylic acids is 3. The van der Waals surface area contributed by atoms with Crippen LogP contribution in [0.2, 0.25) is 0 Å². The Hall–Kier alpha value is -3.34. The smallest absolute Gasteiger partial charge is 0.349 e. The van der Waals surface area contributed by atoms with Crippen LogP contribution in [-0.2, 0) is 14.3 Å². The van der Waals surface area contributed by atoms with Crippen molar-refractivity contribution in [3.05, 3.63) is 35.4 Å². The summed E-state index contributed by atoms with van der Waals surface area (Å²) in [5.74, 6) is -1.03. The summed E-state index contributed by atoms with van der Waals surface area (Å²) >= 11 is 0. The summed E-state index contributed by atoms with van der Waals surface area (Å²) in [6, 6.07) is 8.03. The van der Waals surface area contributed by atoms with Crippen molar-refractivity contribution < 1.29 is 23.9 Å². The molecule has 0 saturated heterocycles. The number of amides is 3. The highest BCUT2D eigenvalue weighted by molar-refractivity contribution is 6.01. The minimum absolute atomic E-state index is 0.0582. The lowest BCUT2D eigenvalue weighted by atomic mass is 10.1. The van der Waals surface area contributed by atoms with E-state index in [-0.39, 0.29) is 11.6 Å². The van der Waals surface area contributed by atoms with Gasteiger partial charge in [-0.15, -0.1) is 0 Å². The Labute approximate surface area is 169 Å². The maximum atomic E-state index is 12.2. The van der Waals surface area contributed by atoms with Crippen molar-refractivity contribution >= 4 is 24.0 Å².